The number of fused-ring (bicyclic) bond motifs is 1. The fourth-order valence-corrected chi connectivity index (χ4v) is 1.77. The zero-order valence-corrected chi connectivity index (χ0v) is 9.15. The van der Waals surface area contributed by atoms with Gasteiger partial charge in [0.2, 0.25) is 5.91 Å². The summed E-state index contributed by atoms with van der Waals surface area (Å²) in [6.07, 6.45) is 2.68. The predicted octanol–water partition coefficient (Wildman–Crippen LogP) is 1.95. The van der Waals surface area contributed by atoms with Crippen LogP contribution in [0.15, 0.2) is 24.4 Å². The maximum Gasteiger partial charge on any atom is 0.221 e. The number of nitrogens with one attached hydrogen (secondary N) is 1. The Morgan fingerprint density at radius 1 is 1.44 bits per heavy atom. The van der Waals surface area contributed by atoms with Gasteiger partial charge in [0.15, 0.2) is 6.29 Å². The largest absolute Gasteiger partial charge is 0.350 e. The van der Waals surface area contributed by atoms with Crippen molar-refractivity contribution in [1.29, 1.82) is 0 Å². The normalized spacial score (nSPS) is 10.4. The standard InChI is InChI=1S/C12H12N2O2/c1-8(16)13-10-5-9(7-15)11-3-4-14(2)12(11)6-10/h3-7H,1-2H3,(H,13,16). The van der Waals surface area contributed by atoms with Crippen molar-refractivity contribution in [1.82, 2.24) is 4.57 Å². The lowest BCUT2D eigenvalue weighted by atomic mass is 10.1. The Labute approximate surface area is 92.9 Å². The van der Waals surface area contributed by atoms with Crippen LogP contribution in [0, 0.1) is 0 Å². The summed E-state index contributed by atoms with van der Waals surface area (Å²) in [5.74, 6) is -0.148. The maximum atomic E-state index is 11.0. The zero-order valence-electron chi connectivity index (χ0n) is 9.15. The van der Waals surface area contributed by atoms with E-state index < -0.39 is 0 Å². The van der Waals surface area contributed by atoms with Crippen molar-refractivity contribution in [2.24, 2.45) is 7.05 Å². The van der Waals surface area contributed by atoms with Gasteiger partial charge in [-0.25, -0.2) is 0 Å². The number of anilines is 1. The molecule has 16 heavy (non-hydrogen) atoms. The highest BCUT2D eigenvalue weighted by Crippen LogP contribution is 2.23. The summed E-state index contributed by atoms with van der Waals surface area (Å²) in [6.45, 7) is 1.44. The van der Waals surface area contributed by atoms with Crippen molar-refractivity contribution < 1.29 is 9.59 Å². The number of aromatic nitrogens is 1. The number of aldehydes is 1. The van der Waals surface area contributed by atoms with Gasteiger partial charge in [0.1, 0.15) is 0 Å². The molecule has 0 aliphatic heterocycles. The average molecular weight is 216 g/mol. The van der Waals surface area contributed by atoms with Crippen molar-refractivity contribution in [2.75, 3.05) is 5.32 Å². The molecule has 0 unspecified atom stereocenters. The van der Waals surface area contributed by atoms with Gasteiger partial charge in [0, 0.05) is 36.8 Å². The fraction of sp³-hybridized carbons (Fsp3) is 0.167. The van der Waals surface area contributed by atoms with E-state index in [1.54, 1.807) is 6.07 Å². The number of benzene rings is 1. The van der Waals surface area contributed by atoms with E-state index in [0.717, 1.165) is 17.2 Å². The quantitative estimate of drug-likeness (QED) is 0.780. The number of carbonyl (C=O) groups is 2. The molecular weight excluding hydrogens is 204 g/mol. The fourth-order valence-electron chi connectivity index (χ4n) is 1.77. The van der Waals surface area contributed by atoms with Crippen LogP contribution >= 0.6 is 0 Å². The number of rotatable bonds is 2. The molecule has 1 aromatic carbocycles. The van der Waals surface area contributed by atoms with Gasteiger partial charge in [-0.3, -0.25) is 9.59 Å². The molecule has 0 aliphatic rings. The molecule has 1 N–H and O–H groups in total. The molecule has 2 aromatic rings. The van der Waals surface area contributed by atoms with Crippen LogP contribution in [-0.2, 0) is 11.8 Å². The Hall–Kier alpha value is -2.10. The van der Waals surface area contributed by atoms with E-state index in [1.807, 2.05) is 29.9 Å². The first-order valence-electron chi connectivity index (χ1n) is 4.93. The number of hydrogen-bond acceptors (Lipinski definition) is 2. The van der Waals surface area contributed by atoms with Crippen LogP contribution in [-0.4, -0.2) is 16.8 Å². The Bertz CT molecular complexity index is 570. The van der Waals surface area contributed by atoms with Crippen LogP contribution in [0.3, 0.4) is 0 Å². The predicted molar refractivity (Wildman–Crippen MR) is 62.6 cm³/mol. The molecule has 1 amide bonds. The molecule has 0 aliphatic carbocycles. The van der Waals surface area contributed by atoms with Crippen LogP contribution in [0.5, 0.6) is 0 Å². The van der Waals surface area contributed by atoms with Crippen LogP contribution in [0.1, 0.15) is 17.3 Å². The lowest BCUT2D eigenvalue weighted by Gasteiger charge is -2.05. The van der Waals surface area contributed by atoms with Crippen molar-refractivity contribution in [3.05, 3.63) is 30.0 Å². The summed E-state index contributed by atoms with van der Waals surface area (Å²) >= 11 is 0. The Morgan fingerprint density at radius 2 is 2.19 bits per heavy atom. The van der Waals surface area contributed by atoms with Crippen LogP contribution < -0.4 is 5.32 Å². The van der Waals surface area contributed by atoms with Gasteiger partial charge in [-0.2, -0.15) is 0 Å². The van der Waals surface area contributed by atoms with Crippen LogP contribution in [0.4, 0.5) is 5.69 Å². The van der Waals surface area contributed by atoms with Gasteiger partial charge in [0.05, 0.1) is 5.52 Å². The smallest absolute Gasteiger partial charge is 0.221 e. The third-order valence-corrected chi connectivity index (χ3v) is 2.48. The van der Waals surface area contributed by atoms with Gasteiger partial charge in [0.25, 0.3) is 0 Å². The first kappa shape index (κ1) is 10.4. The number of amides is 1. The minimum atomic E-state index is -0.148. The Morgan fingerprint density at radius 3 is 2.81 bits per heavy atom. The highest BCUT2D eigenvalue weighted by molar-refractivity contribution is 6.01. The second kappa shape index (κ2) is 3.81. The molecule has 0 atom stereocenters. The summed E-state index contributed by atoms with van der Waals surface area (Å²) in [7, 11) is 1.90. The molecule has 0 radical (unpaired) electrons. The van der Waals surface area contributed by atoms with E-state index in [9.17, 15) is 9.59 Å². The number of aryl methyl sites for hydroxylation is 1. The molecule has 0 fully saturated rings. The van der Waals surface area contributed by atoms with Crippen LogP contribution in [0.2, 0.25) is 0 Å². The summed E-state index contributed by atoms with van der Waals surface area (Å²) < 4.78 is 1.91. The van der Waals surface area contributed by atoms with E-state index in [1.165, 1.54) is 6.92 Å². The topological polar surface area (TPSA) is 51.1 Å². The first-order chi connectivity index (χ1) is 7.61. The maximum absolute atomic E-state index is 11.0. The lowest BCUT2D eigenvalue weighted by molar-refractivity contribution is -0.114. The molecule has 1 aromatic heterocycles. The van der Waals surface area contributed by atoms with E-state index >= 15 is 0 Å². The summed E-state index contributed by atoms with van der Waals surface area (Å²) in [5.41, 5.74) is 2.15. The van der Waals surface area contributed by atoms with Crippen molar-refractivity contribution in [3.63, 3.8) is 0 Å². The molecule has 0 bridgehead atoms. The van der Waals surface area contributed by atoms with E-state index in [2.05, 4.69) is 5.32 Å². The monoisotopic (exact) mass is 216 g/mol. The number of nitrogens with zero attached hydrogens (tertiary/aromatic N) is 1. The minimum Gasteiger partial charge on any atom is -0.350 e. The van der Waals surface area contributed by atoms with Gasteiger partial charge in [-0.05, 0) is 18.2 Å². The summed E-state index contributed by atoms with van der Waals surface area (Å²) in [6, 6.07) is 5.41. The SMILES string of the molecule is CC(=O)Nc1cc(C=O)c2ccn(C)c2c1. The number of hydrogen-bond donors (Lipinski definition) is 1. The van der Waals surface area contributed by atoms with Gasteiger partial charge >= 0.3 is 0 Å². The first-order valence-corrected chi connectivity index (χ1v) is 4.93. The van der Waals surface area contributed by atoms with Gasteiger partial charge in [-0.1, -0.05) is 0 Å². The van der Waals surface area contributed by atoms with Gasteiger partial charge < -0.3 is 9.88 Å². The highest BCUT2D eigenvalue weighted by Gasteiger charge is 2.07. The van der Waals surface area contributed by atoms with E-state index in [-0.39, 0.29) is 5.91 Å². The Balaban J connectivity index is 2.65. The molecule has 0 spiro atoms. The molecule has 4 nitrogen and oxygen atoms in total. The summed E-state index contributed by atoms with van der Waals surface area (Å²) in [4.78, 5) is 21.9. The molecule has 4 heteroatoms. The van der Waals surface area contributed by atoms with Crippen LogP contribution in [0.25, 0.3) is 10.9 Å². The van der Waals surface area contributed by atoms with Crippen molar-refractivity contribution in [2.45, 2.75) is 6.92 Å². The molecule has 82 valence electrons. The van der Waals surface area contributed by atoms with Crippen molar-refractivity contribution >= 4 is 28.8 Å². The molecule has 0 saturated carbocycles. The third kappa shape index (κ3) is 1.69. The minimum absolute atomic E-state index is 0.148. The Kier molecular flexibility index (Phi) is 2.48. The van der Waals surface area contributed by atoms with E-state index in [4.69, 9.17) is 0 Å². The average Bonchev–Trinajstić information content (AvgIpc) is 2.59. The number of carbonyl (C=O) groups excluding carboxylic acids is 2. The second-order valence-corrected chi connectivity index (χ2v) is 3.72. The molecule has 2 rings (SSSR count). The lowest BCUT2D eigenvalue weighted by Crippen LogP contribution is -2.06. The second-order valence-electron chi connectivity index (χ2n) is 3.72. The molecule has 0 saturated heterocycles. The molecule has 1 heterocycles. The van der Waals surface area contributed by atoms with Crippen molar-refractivity contribution in [3.8, 4) is 0 Å². The third-order valence-electron chi connectivity index (χ3n) is 2.48. The highest BCUT2D eigenvalue weighted by atomic mass is 16.1. The van der Waals surface area contributed by atoms with Gasteiger partial charge in [-0.15, -0.1) is 0 Å². The van der Waals surface area contributed by atoms with E-state index in [0.29, 0.717) is 11.3 Å². The summed E-state index contributed by atoms with van der Waals surface area (Å²) in [5, 5.41) is 3.57. The molecular formula is C12H12N2O2. The zero-order chi connectivity index (χ0) is 11.7.